The maximum atomic E-state index is 16.5. The standard InChI is InChI=1S/C103H62F8N2O2/c1-3-61-21-41-75(42-22-61)114-77-45-29-65(30-46-77)101(63-25-33-67(104)34-26-63)87-17-9-5-13-79(87)83-49-37-69(53-91(83)101)112(73-57-95(106)99(110)96(107)58-73)71-39-51-85-81-15-7-11-19-89(81)103(93(85)55-71)90-20-12-8-16-82(90)86-52-40-72(56-94(86)103)113(74-59-97(108)100(111)98(109)60-74)70-38-50-84-80-14-6-10-18-88(80)102(92(84)54-70,64-27-35-68(105)36-28-64)66-31-47-78(48-32-66)115-76-43-23-62(4-2)24-44-76/h3-60H,1-2H2. The maximum Gasteiger partial charge on any atom is 0.194 e. The van der Waals surface area contributed by atoms with Crippen LogP contribution in [-0.4, -0.2) is 0 Å². The SMILES string of the molecule is C=Cc1ccc(Oc2ccc(C3(c4ccc(F)cc4)c4ccccc4-c4ccc(N(c5cc(F)c(F)c(F)c5)c5ccc6c(c5)C5(c7ccccc7-6)c6ccccc6-c6ccc(N(c7cc(F)c(F)c(F)c7)c7ccc8c(c7)C(c7ccc(F)cc7)(c7ccc(Oc9ccc(C=C)cc9)cc7)c7ccccc7-8)cc65)cc43)cc2)cc1. The van der Waals surface area contributed by atoms with Gasteiger partial charge in [0.1, 0.15) is 34.6 Å². The summed E-state index contributed by atoms with van der Waals surface area (Å²) >= 11 is 0. The number of nitrogens with zero attached hydrogens (tertiary/aromatic N) is 2. The lowest BCUT2D eigenvalue weighted by atomic mass is 9.67. The Morgan fingerprint density at radius 2 is 0.461 bits per heavy atom. The molecule has 2 atom stereocenters. The van der Waals surface area contributed by atoms with Crippen LogP contribution in [0.4, 0.5) is 69.2 Å². The van der Waals surface area contributed by atoms with Gasteiger partial charge >= 0.3 is 0 Å². The zero-order valence-corrected chi connectivity index (χ0v) is 61.1. The highest BCUT2D eigenvalue weighted by Crippen LogP contribution is 2.66. The fraction of sp³-hybridized carbons (Fsp3) is 0.0291. The molecule has 1 spiro atoms. The first-order valence-electron chi connectivity index (χ1n) is 37.6. The summed E-state index contributed by atoms with van der Waals surface area (Å²) in [7, 11) is 0. The van der Waals surface area contributed by atoms with Crippen LogP contribution in [-0.2, 0) is 16.2 Å². The molecule has 2 unspecified atom stereocenters. The number of halogens is 8. The van der Waals surface area contributed by atoms with E-state index in [2.05, 4.69) is 49.6 Å². The van der Waals surface area contributed by atoms with Crippen LogP contribution in [0.1, 0.15) is 77.9 Å². The van der Waals surface area contributed by atoms with E-state index < -0.39 is 62.8 Å². The van der Waals surface area contributed by atoms with E-state index in [-0.39, 0.29) is 11.4 Å². The van der Waals surface area contributed by atoms with Crippen molar-refractivity contribution in [1.29, 1.82) is 0 Å². The van der Waals surface area contributed by atoms with Crippen molar-refractivity contribution in [1.82, 2.24) is 0 Å². The number of ether oxygens (including phenoxy) is 2. The van der Waals surface area contributed by atoms with E-state index in [0.29, 0.717) is 45.7 Å². The van der Waals surface area contributed by atoms with Crippen molar-refractivity contribution in [3.8, 4) is 67.5 Å². The summed E-state index contributed by atoms with van der Waals surface area (Å²) in [5, 5.41) is 0. The number of benzene rings is 16. The van der Waals surface area contributed by atoms with Gasteiger partial charge in [-0.05, 0) is 244 Å². The first kappa shape index (κ1) is 69.8. The van der Waals surface area contributed by atoms with Gasteiger partial charge in [-0.15, -0.1) is 0 Å². The summed E-state index contributed by atoms with van der Waals surface area (Å²) in [6.07, 6.45) is 3.51. The van der Waals surface area contributed by atoms with Crippen molar-refractivity contribution in [2.24, 2.45) is 0 Å². The van der Waals surface area contributed by atoms with Gasteiger partial charge in [-0.1, -0.05) is 219 Å². The molecule has 0 fully saturated rings. The molecule has 552 valence electrons. The van der Waals surface area contributed by atoms with E-state index in [1.54, 1.807) is 46.2 Å². The highest BCUT2D eigenvalue weighted by Gasteiger charge is 2.54. The molecule has 0 heterocycles. The van der Waals surface area contributed by atoms with E-state index in [0.717, 1.165) is 147 Å². The number of hydrogen-bond acceptors (Lipinski definition) is 4. The van der Waals surface area contributed by atoms with E-state index in [1.165, 1.54) is 24.3 Å². The van der Waals surface area contributed by atoms with Crippen molar-refractivity contribution in [3.63, 3.8) is 0 Å². The van der Waals surface area contributed by atoms with Gasteiger partial charge in [-0.3, -0.25) is 0 Å². The Morgan fingerprint density at radius 1 is 0.226 bits per heavy atom. The van der Waals surface area contributed by atoms with Crippen LogP contribution in [0.5, 0.6) is 23.0 Å². The summed E-state index contributed by atoms with van der Waals surface area (Å²) < 4.78 is 141. The molecule has 20 rings (SSSR count). The summed E-state index contributed by atoms with van der Waals surface area (Å²) in [6.45, 7) is 7.77. The van der Waals surface area contributed by atoms with Gasteiger partial charge in [-0.2, -0.15) is 0 Å². The largest absolute Gasteiger partial charge is 0.457 e. The molecular weight excluding hydrogens is 1450 g/mol. The van der Waals surface area contributed by atoms with Gasteiger partial charge in [-0.25, -0.2) is 35.1 Å². The first-order valence-corrected chi connectivity index (χ1v) is 37.6. The van der Waals surface area contributed by atoms with Gasteiger partial charge in [0.05, 0.1) is 27.6 Å². The van der Waals surface area contributed by atoms with Crippen LogP contribution >= 0.6 is 0 Å². The van der Waals surface area contributed by atoms with Gasteiger partial charge in [0.2, 0.25) is 0 Å². The third kappa shape index (κ3) is 10.7. The topological polar surface area (TPSA) is 24.9 Å². The Hall–Kier alpha value is -14.4. The van der Waals surface area contributed by atoms with Crippen LogP contribution in [0.3, 0.4) is 0 Å². The van der Waals surface area contributed by atoms with Crippen LogP contribution in [0.15, 0.2) is 353 Å². The summed E-state index contributed by atoms with van der Waals surface area (Å²) in [5.41, 5.74) is 16.3. The molecule has 0 aromatic heterocycles. The average Bonchev–Trinajstić information content (AvgIpc) is 1.51. The molecule has 0 radical (unpaired) electrons. The molecular formula is C103H62F8N2O2. The minimum absolute atomic E-state index is 0.0481. The quantitative estimate of drug-likeness (QED) is 0.0711. The van der Waals surface area contributed by atoms with Gasteiger partial charge in [0, 0.05) is 47.0 Å². The molecule has 0 saturated carbocycles. The number of fused-ring (bicyclic) bond motifs is 16. The second-order valence-corrected chi connectivity index (χ2v) is 29.3. The molecule has 0 N–H and O–H groups in total. The van der Waals surface area contributed by atoms with Gasteiger partial charge in [0.15, 0.2) is 34.9 Å². The molecule has 0 amide bonds. The van der Waals surface area contributed by atoms with Crippen LogP contribution in [0.2, 0.25) is 0 Å². The third-order valence-electron chi connectivity index (χ3n) is 23.4. The highest BCUT2D eigenvalue weighted by atomic mass is 19.2. The summed E-state index contributed by atoms with van der Waals surface area (Å²) in [4.78, 5) is 3.44. The second kappa shape index (κ2) is 27.0. The molecule has 4 nitrogen and oxygen atoms in total. The molecule has 115 heavy (non-hydrogen) atoms. The Balaban J connectivity index is 0.781. The van der Waals surface area contributed by atoms with E-state index in [4.69, 9.17) is 9.47 Å². The highest BCUT2D eigenvalue weighted by molar-refractivity contribution is 5.99. The second-order valence-electron chi connectivity index (χ2n) is 29.3. The van der Waals surface area contributed by atoms with Crippen molar-refractivity contribution >= 4 is 46.3 Å². The molecule has 0 bridgehead atoms. The van der Waals surface area contributed by atoms with Gasteiger partial charge in [0.25, 0.3) is 0 Å². The molecule has 16 aromatic rings. The molecule has 0 aliphatic heterocycles. The number of rotatable bonds is 16. The van der Waals surface area contributed by atoms with Crippen LogP contribution in [0, 0.1) is 46.5 Å². The van der Waals surface area contributed by atoms with Crippen LogP contribution in [0.25, 0.3) is 56.7 Å². The van der Waals surface area contributed by atoms with E-state index in [9.17, 15) is 0 Å². The number of anilines is 6. The number of hydrogen-bond donors (Lipinski definition) is 0. The van der Waals surface area contributed by atoms with E-state index in [1.807, 2.05) is 231 Å². The maximum absolute atomic E-state index is 16.5. The average molecular weight is 1510 g/mol. The Kier molecular flexibility index (Phi) is 16.4. The Bertz CT molecular complexity index is 6230. The van der Waals surface area contributed by atoms with E-state index >= 15 is 35.1 Å². The van der Waals surface area contributed by atoms with Crippen molar-refractivity contribution in [3.05, 3.63) is 477 Å². The van der Waals surface area contributed by atoms with Crippen molar-refractivity contribution in [2.75, 3.05) is 9.80 Å². The Labute approximate surface area is 658 Å². The minimum atomic E-state index is -1.65. The summed E-state index contributed by atoms with van der Waals surface area (Å²) in [6, 6.07) is 103. The smallest absolute Gasteiger partial charge is 0.194 e. The predicted octanol–water partition coefficient (Wildman–Crippen LogP) is 27.7. The minimum Gasteiger partial charge on any atom is -0.457 e. The van der Waals surface area contributed by atoms with Crippen molar-refractivity contribution < 1.29 is 44.6 Å². The molecule has 16 aromatic carbocycles. The molecule has 4 aliphatic rings. The molecule has 0 saturated heterocycles. The fourth-order valence-corrected chi connectivity index (χ4v) is 18.6. The summed E-state index contributed by atoms with van der Waals surface area (Å²) in [5.74, 6) is -7.53. The lowest BCUT2D eigenvalue weighted by Crippen LogP contribution is -2.29. The third-order valence-corrected chi connectivity index (χ3v) is 23.4. The van der Waals surface area contributed by atoms with Crippen LogP contribution < -0.4 is 19.3 Å². The first-order chi connectivity index (χ1) is 56.1. The van der Waals surface area contributed by atoms with Crippen molar-refractivity contribution in [2.45, 2.75) is 16.2 Å². The zero-order valence-electron chi connectivity index (χ0n) is 61.1. The zero-order chi connectivity index (χ0) is 78.2. The lowest BCUT2D eigenvalue weighted by Gasteiger charge is -2.35. The fourth-order valence-electron chi connectivity index (χ4n) is 18.6. The monoisotopic (exact) mass is 1510 g/mol. The Morgan fingerprint density at radius 3 is 0.739 bits per heavy atom. The van der Waals surface area contributed by atoms with Gasteiger partial charge < -0.3 is 19.3 Å². The molecule has 12 heteroatoms. The lowest BCUT2D eigenvalue weighted by molar-refractivity contribution is 0.447. The normalized spacial score (nSPS) is 16.0. The molecule has 4 aliphatic carbocycles. The predicted molar refractivity (Wildman–Crippen MR) is 440 cm³/mol.